The molecule has 4 rings (SSSR count). The molecule has 8 nitrogen and oxygen atoms in total. The molecule has 4 aromatic rings. The molecule has 2 amide bonds. The van der Waals surface area contributed by atoms with Gasteiger partial charge in [0.15, 0.2) is 0 Å². The molecule has 0 aromatic heterocycles. The van der Waals surface area contributed by atoms with Gasteiger partial charge in [-0.3, -0.25) is 9.59 Å². The molecule has 0 aliphatic rings. The largest absolute Gasteiger partial charge is 0.478 e. The quantitative estimate of drug-likeness (QED) is 0.157. The van der Waals surface area contributed by atoms with Crippen LogP contribution in [0.3, 0.4) is 0 Å². The SMILES string of the molecule is O=C(Nc1ccc(Cc2ccc(NC(=O)c3ccc(Cl)c(Cl)c3)c(C(=O)O)c2)cc1C(=O)O)c1ccc(Cl)c(Cl)c1. The summed E-state index contributed by atoms with van der Waals surface area (Å²) in [7, 11) is 0. The first-order valence-corrected chi connectivity index (χ1v) is 13.2. The van der Waals surface area contributed by atoms with E-state index in [2.05, 4.69) is 10.6 Å². The minimum Gasteiger partial charge on any atom is -0.478 e. The molecule has 0 fully saturated rings. The number of carboxylic acids is 2. The van der Waals surface area contributed by atoms with E-state index in [-0.39, 0.29) is 60.1 Å². The lowest BCUT2D eigenvalue weighted by atomic mass is 9.99. The van der Waals surface area contributed by atoms with E-state index in [9.17, 15) is 29.4 Å². The van der Waals surface area contributed by atoms with E-state index >= 15 is 0 Å². The average molecular weight is 632 g/mol. The predicted molar refractivity (Wildman–Crippen MR) is 158 cm³/mol. The molecule has 0 bridgehead atoms. The summed E-state index contributed by atoms with van der Waals surface area (Å²) in [6.07, 6.45) is 0.169. The number of carboxylic acid groups (broad SMARTS) is 2. The molecule has 0 spiro atoms. The lowest BCUT2D eigenvalue weighted by Crippen LogP contribution is -2.15. The van der Waals surface area contributed by atoms with Crippen molar-refractivity contribution in [2.45, 2.75) is 6.42 Å². The number of carbonyl (C=O) groups excluding carboxylic acids is 2. The van der Waals surface area contributed by atoms with Gasteiger partial charge in [-0.25, -0.2) is 9.59 Å². The summed E-state index contributed by atoms with van der Waals surface area (Å²) in [5, 5.41) is 25.5. The zero-order chi connectivity index (χ0) is 29.8. The topological polar surface area (TPSA) is 133 Å². The van der Waals surface area contributed by atoms with E-state index in [1.165, 1.54) is 60.7 Å². The van der Waals surface area contributed by atoms with Crippen molar-refractivity contribution in [3.8, 4) is 0 Å². The Morgan fingerprint density at radius 3 is 1.27 bits per heavy atom. The molecule has 0 atom stereocenters. The molecule has 41 heavy (non-hydrogen) atoms. The highest BCUT2D eigenvalue weighted by Crippen LogP contribution is 2.27. The summed E-state index contributed by atoms with van der Waals surface area (Å²) >= 11 is 23.7. The Balaban J connectivity index is 1.55. The van der Waals surface area contributed by atoms with Gasteiger partial charge in [0.25, 0.3) is 11.8 Å². The molecular weight excluding hydrogens is 614 g/mol. The third kappa shape index (κ3) is 7.17. The summed E-state index contributed by atoms with van der Waals surface area (Å²) in [5.74, 6) is -3.71. The minimum absolute atomic E-state index is 0.0592. The average Bonchev–Trinajstić information content (AvgIpc) is 2.93. The summed E-state index contributed by atoms with van der Waals surface area (Å²) < 4.78 is 0. The van der Waals surface area contributed by atoms with Gasteiger partial charge in [-0.2, -0.15) is 0 Å². The van der Waals surface area contributed by atoms with Crippen molar-refractivity contribution in [3.63, 3.8) is 0 Å². The fraction of sp³-hybridized carbons (Fsp3) is 0.0345. The van der Waals surface area contributed by atoms with Crippen molar-refractivity contribution in [3.05, 3.63) is 126 Å². The maximum Gasteiger partial charge on any atom is 0.337 e. The molecule has 12 heteroatoms. The minimum atomic E-state index is -1.28. The van der Waals surface area contributed by atoms with E-state index in [0.29, 0.717) is 11.1 Å². The Kier molecular flexibility index (Phi) is 9.20. The van der Waals surface area contributed by atoms with E-state index in [1.54, 1.807) is 12.1 Å². The second-order valence-corrected chi connectivity index (χ2v) is 10.3. The molecule has 0 saturated carbocycles. The first-order chi connectivity index (χ1) is 19.4. The van der Waals surface area contributed by atoms with Crippen LogP contribution in [0.25, 0.3) is 0 Å². The highest BCUT2D eigenvalue weighted by atomic mass is 35.5. The van der Waals surface area contributed by atoms with E-state index in [0.717, 1.165) is 0 Å². The third-order valence-corrected chi connectivity index (χ3v) is 7.38. The van der Waals surface area contributed by atoms with Gasteiger partial charge in [-0.15, -0.1) is 0 Å². The van der Waals surface area contributed by atoms with Crippen molar-refractivity contribution in [2.75, 3.05) is 10.6 Å². The summed E-state index contributed by atoms with van der Waals surface area (Å²) in [6, 6.07) is 17.4. The number of halogens is 4. The van der Waals surface area contributed by atoms with E-state index in [1.807, 2.05) is 0 Å². The van der Waals surface area contributed by atoms with Gasteiger partial charge in [-0.05, 0) is 78.2 Å². The highest BCUT2D eigenvalue weighted by molar-refractivity contribution is 6.42. The number of carbonyl (C=O) groups is 4. The molecule has 0 aliphatic carbocycles. The molecule has 0 heterocycles. The van der Waals surface area contributed by atoms with Crippen LogP contribution in [0.2, 0.25) is 20.1 Å². The van der Waals surface area contributed by atoms with Crippen molar-refractivity contribution in [1.82, 2.24) is 0 Å². The zero-order valence-corrected chi connectivity index (χ0v) is 23.7. The second-order valence-electron chi connectivity index (χ2n) is 8.71. The molecule has 4 N–H and O–H groups in total. The molecule has 0 unspecified atom stereocenters. The van der Waals surface area contributed by atoms with Crippen LogP contribution in [0.1, 0.15) is 52.6 Å². The number of hydrogen-bond acceptors (Lipinski definition) is 4. The Labute approximate surface area is 253 Å². The number of aromatic carboxylic acids is 2. The lowest BCUT2D eigenvalue weighted by molar-refractivity contribution is 0.0687. The van der Waals surface area contributed by atoms with Gasteiger partial charge >= 0.3 is 11.9 Å². The Morgan fingerprint density at radius 2 is 0.927 bits per heavy atom. The van der Waals surface area contributed by atoms with Crippen molar-refractivity contribution < 1.29 is 29.4 Å². The van der Waals surface area contributed by atoms with Crippen LogP contribution in [0.4, 0.5) is 11.4 Å². The first kappa shape index (κ1) is 29.9. The van der Waals surface area contributed by atoms with E-state index in [4.69, 9.17) is 46.4 Å². The third-order valence-electron chi connectivity index (χ3n) is 5.90. The number of rotatable bonds is 8. The van der Waals surface area contributed by atoms with Crippen LogP contribution in [-0.2, 0) is 6.42 Å². The van der Waals surface area contributed by atoms with Gasteiger partial charge in [0.05, 0.1) is 42.6 Å². The van der Waals surface area contributed by atoms with Crippen LogP contribution in [0, 0.1) is 0 Å². The van der Waals surface area contributed by atoms with Gasteiger partial charge in [-0.1, -0.05) is 58.5 Å². The van der Waals surface area contributed by atoms with Crippen LogP contribution >= 0.6 is 46.4 Å². The Hall–Kier alpha value is -4.08. The standard InChI is InChI=1S/C29H18Cl4N2O6/c30-20-5-3-16(12-22(20)32)26(36)34-24-7-1-14(10-18(24)28(38)39)9-15-2-8-25(19(11-15)29(40)41)35-27(37)17-4-6-21(31)23(33)13-17/h1-8,10-13H,9H2,(H,34,36)(H,35,37)(H,38,39)(H,40,41). The monoisotopic (exact) mass is 630 g/mol. The van der Waals surface area contributed by atoms with Gasteiger partial charge in [0.2, 0.25) is 0 Å². The molecule has 0 radical (unpaired) electrons. The number of benzene rings is 4. The second kappa shape index (κ2) is 12.6. The van der Waals surface area contributed by atoms with Gasteiger partial charge in [0, 0.05) is 11.1 Å². The van der Waals surface area contributed by atoms with Gasteiger partial charge < -0.3 is 20.8 Å². The summed E-state index contributed by atoms with van der Waals surface area (Å²) in [6.45, 7) is 0. The van der Waals surface area contributed by atoms with Crippen molar-refractivity contribution in [2.24, 2.45) is 0 Å². The summed E-state index contributed by atoms with van der Waals surface area (Å²) in [4.78, 5) is 49.2. The number of nitrogens with one attached hydrogen (secondary N) is 2. The number of amides is 2. The highest BCUT2D eigenvalue weighted by Gasteiger charge is 2.18. The van der Waals surface area contributed by atoms with Gasteiger partial charge in [0.1, 0.15) is 0 Å². The van der Waals surface area contributed by atoms with Crippen molar-refractivity contribution >= 4 is 81.5 Å². The lowest BCUT2D eigenvalue weighted by Gasteiger charge is -2.13. The normalized spacial score (nSPS) is 10.6. The molecule has 0 saturated heterocycles. The molecule has 4 aromatic carbocycles. The Morgan fingerprint density at radius 1 is 0.537 bits per heavy atom. The molecule has 0 aliphatic heterocycles. The van der Waals surface area contributed by atoms with Crippen LogP contribution in [0.15, 0.2) is 72.8 Å². The zero-order valence-electron chi connectivity index (χ0n) is 20.7. The van der Waals surface area contributed by atoms with E-state index < -0.39 is 23.8 Å². The fourth-order valence-electron chi connectivity index (χ4n) is 3.87. The van der Waals surface area contributed by atoms with Crippen molar-refractivity contribution in [1.29, 1.82) is 0 Å². The predicted octanol–water partition coefficient (Wildman–Crippen LogP) is 7.79. The maximum atomic E-state index is 12.7. The first-order valence-electron chi connectivity index (χ1n) is 11.7. The van der Waals surface area contributed by atoms with Crippen LogP contribution in [0.5, 0.6) is 0 Å². The number of hydrogen-bond donors (Lipinski definition) is 4. The molecule has 208 valence electrons. The Bertz CT molecular complexity index is 1600. The number of anilines is 2. The smallest absolute Gasteiger partial charge is 0.337 e. The summed E-state index contributed by atoms with van der Waals surface area (Å²) in [5.41, 5.74) is 1.24. The fourth-order valence-corrected chi connectivity index (χ4v) is 4.47. The maximum absolute atomic E-state index is 12.7. The molecular formula is C29H18Cl4N2O6. The van der Waals surface area contributed by atoms with Crippen LogP contribution < -0.4 is 10.6 Å². The van der Waals surface area contributed by atoms with Crippen LogP contribution in [-0.4, -0.2) is 34.0 Å².